The van der Waals surface area contributed by atoms with Crippen molar-refractivity contribution < 1.29 is 13.2 Å². The third-order valence-electron chi connectivity index (χ3n) is 4.46. The lowest BCUT2D eigenvalue weighted by molar-refractivity contribution is 0.102. The maximum Gasteiger partial charge on any atom is 0.261 e. The number of benzene rings is 3. The van der Waals surface area contributed by atoms with Gasteiger partial charge in [-0.25, -0.2) is 8.42 Å². The molecule has 3 rings (SSSR count). The van der Waals surface area contributed by atoms with E-state index in [1.165, 1.54) is 24.3 Å². The highest BCUT2D eigenvalue weighted by Crippen LogP contribution is 2.21. The minimum absolute atomic E-state index is 0.0963. The van der Waals surface area contributed by atoms with Crippen molar-refractivity contribution in [1.82, 2.24) is 0 Å². The molecule has 0 aliphatic carbocycles. The largest absolute Gasteiger partial charge is 0.322 e. The van der Waals surface area contributed by atoms with E-state index in [2.05, 4.69) is 10.0 Å². The molecule has 144 valence electrons. The van der Waals surface area contributed by atoms with Crippen molar-refractivity contribution in [2.45, 2.75) is 25.7 Å². The van der Waals surface area contributed by atoms with Crippen molar-refractivity contribution in [1.29, 1.82) is 0 Å². The topological polar surface area (TPSA) is 75.3 Å². The number of para-hydroxylation sites is 1. The van der Waals surface area contributed by atoms with Crippen LogP contribution in [-0.2, 0) is 10.0 Å². The summed E-state index contributed by atoms with van der Waals surface area (Å²) in [6.45, 7) is 5.71. The Morgan fingerprint density at radius 1 is 0.786 bits per heavy atom. The summed E-state index contributed by atoms with van der Waals surface area (Å²) in [5.41, 5.74) is 4.48. The Morgan fingerprint density at radius 2 is 1.43 bits per heavy atom. The number of nitrogens with one attached hydrogen (secondary N) is 2. The van der Waals surface area contributed by atoms with E-state index < -0.39 is 10.0 Å². The molecule has 0 unspecified atom stereocenters. The predicted molar refractivity (Wildman–Crippen MR) is 112 cm³/mol. The Balaban J connectivity index is 1.78. The molecule has 28 heavy (non-hydrogen) atoms. The summed E-state index contributed by atoms with van der Waals surface area (Å²) in [4.78, 5) is 12.6. The minimum Gasteiger partial charge on any atom is -0.322 e. The van der Waals surface area contributed by atoms with E-state index in [0.717, 1.165) is 22.4 Å². The van der Waals surface area contributed by atoms with Crippen molar-refractivity contribution in [2.75, 3.05) is 10.0 Å². The fourth-order valence-electron chi connectivity index (χ4n) is 2.74. The molecule has 5 nitrogen and oxygen atoms in total. The number of anilines is 2. The Kier molecular flexibility index (Phi) is 5.51. The smallest absolute Gasteiger partial charge is 0.261 e. The third-order valence-corrected chi connectivity index (χ3v) is 5.84. The average molecular weight is 394 g/mol. The van der Waals surface area contributed by atoms with E-state index in [9.17, 15) is 13.2 Å². The Hall–Kier alpha value is -3.12. The number of sulfonamides is 1. The first-order valence-corrected chi connectivity index (χ1v) is 10.3. The summed E-state index contributed by atoms with van der Waals surface area (Å²) in [5, 5.41) is 2.87. The Labute approximate surface area is 165 Å². The van der Waals surface area contributed by atoms with E-state index in [1.807, 2.05) is 51.1 Å². The molecular formula is C22H22N2O3S. The molecule has 0 bridgehead atoms. The molecule has 3 aromatic rings. The van der Waals surface area contributed by atoms with Crippen LogP contribution in [0.5, 0.6) is 0 Å². The summed E-state index contributed by atoms with van der Waals surface area (Å²) in [6, 6.07) is 18.8. The van der Waals surface area contributed by atoms with Crippen molar-refractivity contribution in [3.63, 3.8) is 0 Å². The van der Waals surface area contributed by atoms with Crippen molar-refractivity contribution >= 4 is 27.3 Å². The number of hydrogen-bond acceptors (Lipinski definition) is 3. The molecule has 0 fully saturated rings. The van der Waals surface area contributed by atoms with Gasteiger partial charge in [-0.1, -0.05) is 30.3 Å². The van der Waals surface area contributed by atoms with Crippen molar-refractivity contribution in [3.8, 4) is 0 Å². The molecule has 0 saturated heterocycles. The molecule has 0 aliphatic rings. The van der Waals surface area contributed by atoms with Gasteiger partial charge >= 0.3 is 0 Å². The first-order chi connectivity index (χ1) is 13.3. The second-order valence-corrected chi connectivity index (χ2v) is 8.40. The lowest BCUT2D eigenvalue weighted by Crippen LogP contribution is -2.15. The number of amides is 1. The van der Waals surface area contributed by atoms with Gasteiger partial charge in [0.15, 0.2) is 0 Å². The fourth-order valence-corrected chi connectivity index (χ4v) is 3.87. The lowest BCUT2D eigenvalue weighted by atomic mass is 10.1. The highest BCUT2D eigenvalue weighted by atomic mass is 32.2. The zero-order chi connectivity index (χ0) is 20.3. The molecule has 0 radical (unpaired) electrons. The van der Waals surface area contributed by atoms with Gasteiger partial charge in [-0.2, -0.15) is 0 Å². The highest BCUT2D eigenvalue weighted by molar-refractivity contribution is 7.92. The normalized spacial score (nSPS) is 11.1. The fraction of sp³-hybridized carbons (Fsp3) is 0.136. The van der Waals surface area contributed by atoms with Gasteiger partial charge in [-0.3, -0.25) is 9.52 Å². The lowest BCUT2D eigenvalue weighted by Gasteiger charge is -2.12. The quantitative estimate of drug-likeness (QED) is 0.661. The Bertz CT molecular complexity index is 1120. The van der Waals surface area contributed by atoms with Crippen LogP contribution in [0.4, 0.5) is 11.4 Å². The van der Waals surface area contributed by atoms with Gasteiger partial charge in [0, 0.05) is 11.3 Å². The van der Waals surface area contributed by atoms with Crippen LogP contribution in [-0.4, -0.2) is 14.3 Å². The highest BCUT2D eigenvalue weighted by Gasteiger charge is 2.16. The number of carbonyl (C=O) groups excluding carboxylic acids is 1. The van der Waals surface area contributed by atoms with Crippen molar-refractivity contribution in [3.05, 3.63) is 89.0 Å². The van der Waals surface area contributed by atoms with Gasteiger partial charge in [0.05, 0.1) is 10.6 Å². The number of hydrogen-bond donors (Lipinski definition) is 2. The van der Waals surface area contributed by atoms with Gasteiger partial charge in [0.25, 0.3) is 15.9 Å². The van der Waals surface area contributed by atoms with Gasteiger partial charge in [0.2, 0.25) is 0 Å². The second kappa shape index (κ2) is 7.86. The number of carbonyl (C=O) groups is 1. The molecule has 0 spiro atoms. The van der Waals surface area contributed by atoms with E-state index in [-0.39, 0.29) is 10.8 Å². The van der Waals surface area contributed by atoms with Crippen LogP contribution in [0.3, 0.4) is 0 Å². The van der Waals surface area contributed by atoms with E-state index >= 15 is 0 Å². The molecule has 0 aromatic heterocycles. The second-order valence-electron chi connectivity index (χ2n) is 6.72. The molecule has 0 aliphatic heterocycles. The first kappa shape index (κ1) is 19.6. The SMILES string of the molecule is Cc1ccc(C)c(NC(=O)c2ccc(S(=O)(=O)Nc3ccccc3C)cc2)c1. The van der Waals surface area contributed by atoms with Gasteiger partial charge in [-0.05, 0) is 73.9 Å². The molecule has 0 atom stereocenters. The molecule has 0 heterocycles. The summed E-state index contributed by atoms with van der Waals surface area (Å²) in [6.07, 6.45) is 0. The zero-order valence-corrected chi connectivity index (χ0v) is 16.8. The zero-order valence-electron chi connectivity index (χ0n) is 16.0. The van der Waals surface area contributed by atoms with Crippen LogP contribution >= 0.6 is 0 Å². The van der Waals surface area contributed by atoms with E-state index in [4.69, 9.17) is 0 Å². The first-order valence-electron chi connectivity index (χ1n) is 8.83. The van der Waals surface area contributed by atoms with Gasteiger partial charge < -0.3 is 5.32 Å². The average Bonchev–Trinajstić information content (AvgIpc) is 2.66. The Morgan fingerprint density at radius 3 is 2.11 bits per heavy atom. The molecule has 3 aromatic carbocycles. The van der Waals surface area contributed by atoms with E-state index in [0.29, 0.717) is 11.3 Å². The van der Waals surface area contributed by atoms with Crippen molar-refractivity contribution in [2.24, 2.45) is 0 Å². The van der Waals surface area contributed by atoms with Gasteiger partial charge in [0.1, 0.15) is 0 Å². The van der Waals surface area contributed by atoms with Gasteiger partial charge in [-0.15, -0.1) is 0 Å². The molecule has 2 N–H and O–H groups in total. The number of aryl methyl sites for hydroxylation is 3. The summed E-state index contributed by atoms with van der Waals surface area (Å²) in [5.74, 6) is -0.287. The monoisotopic (exact) mass is 394 g/mol. The van der Waals surface area contributed by atoms with Crippen LogP contribution in [0, 0.1) is 20.8 Å². The molecular weight excluding hydrogens is 372 g/mol. The van der Waals surface area contributed by atoms with Crippen LogP contribution in [0.25, 0.3) is 0 Å². The minimum atomic E-state index is -3.73. The molecule has 1 amide bonds. The standard InChI is InChI=1S/C22H22N2O3S/c1-15-8-9-17(3)21(14-15)23-22(25)18-10-12-19(13-11-18)28(26,27)24-20-7-5-4-6-16(20)2/h4-14,24H,1-3H3,(H,23,25). The van der Waals surface area contributed by atoms with Crippen LogP contribution in [0.15, 0.2) is 71.6 Å². The summed E-state index contributed by atoms with van der Waals surface area (Å²) < 4.78 is 27.8. The third kappa shape index (κ3) is 4.40. The van der Waals surface area contributed by atoms with Crippen LogP contribution < -0.4 is 10.0 Å². The summed E-state index contributed by atoms with van der Waals surface area (Å²) >= 11 is 0. The predicted octanol–water partition coefficient (Wildman–Crippen LogP) is 4.66. The van der Waals surface area contributed by atoms with Crippen LogP contribution in [0.1, 0.15) is 27.0 Å². The molecule has 0 saturated carbocycles. The van der Waals surface area contributed by atoms with Crippen LogP contribution in [0.2, 0.25) is 0 Å². The molecule has 6 heteroatoms. The van der Waals surface area contributed by atoms with E-state index in [1.54, 1.807) is 12.1 Å². The maximum absolute atomic E-state index is 12.6. The number of rotatable bonds is 5. The summed E-state index contributed by atoms with van der Waals surface area (Å²) in [7, 11) is -3.73. The maximum atomic E-state index is 12.6.